The number of ether oxygens (including phenoxy) is 1. The summed E-state index contributed by atoms with van der Waals surface area (Å²) in [6, 6.07) is 3.21. The first-order valence-corrected chi connectivity index (χ1v) is 7.66. The third-order valence-electron chi connectivity index (χ3n) is 4.12. The molecule has 0 amide bonds. The van der Waals surface area contributed by atoms with Gasteiger partial charge in [-0.3, -0.25) is 0 Å². The maximum Gasteiger partial charge on any atom is 0.218 e. The summed E-state index contributed by atoms with van der Waals surface area (Å²) in [5.74, 6) is 2.46. The van der Waals surface area contributed by atoms with Gasteiger partial charge in [-0.2, -0.15) is 4.98 Å². The predicted octanol–water partition coefficient (Wildman–Crippen LogP) is 1.90. The van der Waals surface area contributed by atoms with Crippen molar-refractivity contribution in [1.29, 1.82) is 0 Å². The minimum Gasteiger partial charge on any atom is -0.481 e. The lowest BCUT2D eigenvalue weighted by Crippen LogP contribution is -2.44. The molecule has 1 aliphatic carbocycles. The van der Waals surface area contributed by atoms with Crippen molar-refractivity contribution < 1.29 is 4.74 Å². The van der Waals surface area contributed by atoms with Crippen LogP contribution in [0.25, 0.3) is 0 Å². The molecule has 1 aromatic heterocycles. The molecular weight excluding hydrogens is 252 g/mol. The Morgan fingerprint density at radius 2 is 2.15 bits per heavy atom. The summed E-state index contributed by atoms with van der Waals surface area (Å²) in [5, 5.41) is 3.63. The second kappa shape index (κ2) is 5.95. The van der Waals surface area contributed by atoms with Gasteiger partial charge in [0.25, 0.3) is 0 Å². The summed E-state index contributed by atoms with van der Waals surface area (Å²) in [6.07, 6.45) is 6.46. The zero-order valence-corrected chi connectivity index (χ0v) is 12.4. The van der Waals surface area contributed by atoms with Crippen molar-refractivity contribution in [3.05, 3.63) is 11.9 Å². The Kier molecular flexibility index (Phi) is 4.05. The number of anilines is 1. The number of rotatable bonds is 5. The molecule has 20 heavy (non-hydrogen) atoms. The average molecular weight is 276 g/mol. The highest BCUT2D eigenvalue weighted by Crippen LogP contribution is 2.32. The van der Waals surface area contributed by atoms with Crippen LogP contribution >= 0.6 is 0 Å². The first-order chi connectivity index (χ1) is 9.76. The summed E-state index contributed by atoms with van der Waals surface area (Å²) in [5.41, 5.74) is 0. The van der Waals surface area contributed by atoms with Crippen LogP contribution in [-0.2, 0) is 0 Å². The number of aryl methyl sites for hydroxylation is 1. The summed E-state index contributed by atoms with van der Waals surface area (Å²) in [6.45, 7) is 4.12. The van der Waals surface area contributed by atoms with Crippen LogP contribution in [0.4, 0.5) is 5.82 Å². The van der Waals surface area contributed by atoms with E-state index in [2.05, 4.69) is 20.2 Å². The van der Waals surface area contributed by atoms with E-state index in [0.717, 1.165) is 24.7 Å². The van der Waals surface area contributed by atoms with Crippen LogP contribution in [0.1, 0.15) is 37.9 Å². The van der Waals surface area contributed by atoms with Crippen LogP contribution in [0.2, 0.25) is 0 Å². The van der Waals surface area contributed by atoms with E-state index in [1.54, 1.807) is 7.11 Å². The van der Waals surface area contributed by atoms with Crippen molar-refractivity contribution in [2.45, 2.75) is 51.1 Å². The number of aromatic nitrogens is 2. The molecule has 0 aromatic carbocycles. The second-order valence-corrected chi connectivity index (χ2v) is 5.85. The van der Waals surface area contributed by atoms with Gasteiger partial charge in [0.1, 0.15) is 11.6 Å². The van der Waals surface area contributed by atoms with Crippen LogP contribution in [0.15, 0.2) is 6.07 Å². The van der Waals surface area contributed by atoms with E-state index < -0.39 is 0 Å². The molecule has 1 aromatic rings. The van der Waals surface area contributed by atoms with E-state index in [9.17, 15) is 0 Å². The SMILES string of the molecule is COc1cc(N(CC2CCCCN2)C2CC2)nc(C)n1. The fraction of sp³-hybridized carbons (Fsp3) is 0.733. The largest absolute Gasteiger partial charge is 0.481 e. The van der Waals surface area contributed by atoms with Gasteiger partial charge in [0.05, 0.1) is 7.11 Å². The lowest BCUT2D eigenvalue weighted by atomic mass is 10.0. The Balaban J connectivity index is 1.77. The molecule has 5 nitrogen and oxygen atoms in total. The van der Waals surface area contributed by atoms with E-state index in [1.807, 2.05) is 13.0 Å². The van der Waals surface area contributed by atoms with Crippen LogP contribution in [-0.4, -0.2) is 42.3 Å². The van der Waals surface area contributed by atoms with Gasteiger partial charge in [-0.1, -0.05) is 6.42 Å². The molecule has 1 aliphatic heterocycles. The minimum atomic E-state index is 0.589. The van der Waals surface area contributed by atoms with Crippen molar-refractivity contribution in [3.8, 4) is 5.88 Å². The van der Waals surface area contributed by atoms with Crippen LogP contribution in [0.3, 0.4) is 0 Å². The maximum atomic E-state index is 5.28. The fourth-order valence-corrected chi connectivity index (χ4v) is 2.91. The number of nitrogens with one attached hydrogen (secondary N) is 1. The van der Waals surface area contributed by atoms with E-state index >= 15 is 0 Å². The average Bonchev–Trinajstić information content (AvgIpc) is 3.29. The highest BCUT2D eigenvalue weighted by molar-refractivity contribution is 5.44. The van der Waals surface area contributed by atoms with Crippen LogP contribution in [0.5, 0.6) is 5.88 Å². The molecule has 0 bridgehead atoms. The van der Waals surface area contributed by atoms with Gasteiger partial charge in [0, 0.05) is 24.7 Å². The second-order valence-electron chi connectivity index (χ2n) is 5.85. The van der Waals surface area contributed by atoms with Gasteiger partial charge < -0.3 is 15.0 Å². The summed E-state index contributed by atoms with van der Waals surface area (Å²) >= 11 is 0. The first-order valence-electron chi connectivity index (χ1n) is 7.66. The highest BCUT2D eigenvalue weighted by atomic mass is 16.5. The Morgan fingerprint density at radius 1 is 1.30 bits per heavy atom. The molecule has 2 aliphatic rings. The van der Waals surface area contributed by atoms with Crippen molar-refractivity contribution in [3.63, 3.8) is 0 Å². The van der Waals surface area contributed by atoms with Gasteiger partial charge in [-0.05, 0) is 39.2 Å². The van der Waals surface area contributed by atoms with Crippen LogP contribution in [0, 0.1) is 6.92 Å². The lowest BCUT2D eigenvalue weighted by Gasteiger charge is -2.31. The minimum absolute atomic E-state index is 0.589. The van der Waals surface area contributed by atoms with Gasteiger partial charge in [-0.15, -0.1) is 0 Å². The molecule has 0 spiro atoms. The third-order valence-corrected chi connectivity index (χ3v) is 4.12. The van der Waals surface area contributed by atoms with Crippen molar-refractivity contribution in [2.75, 3.05) is 25.1 Å². The Morgan fingerprint density at radius 3 is 2.80 bits per heavy atom. The number of hydrogen-bond acceptors (Lipinski definition) is 5. The maximum absolute atomic E-state index is 5.28. The van der Waals surface area contributed by atoms with E-state index in [4.69, 9.17) is 4.74 Å². The molecule has 5 heteroatoms. The van der Waals surface area contributed by atoms with Gasteiger partial charge >= 0.3 is 0 Å². The molecule has 1 saturated heterocycles. The quantitative estimate of drug-likeness (QED) is 0.890. The normalized spacial score (nSPS) is 22.6. The van der Waals surface area contributed by atoms with Gasteiger partial charge in [0.15, 0.2) is 0 Å². The number of nitrogens with zero attached hydrogens (tertiary/aromatic N) is 3. The zero-order chi connectivity index (χ0) is 13.9. The molecular formula is C15H24N4O. The lowest BCUT2D eigenvalue weighted by molar-refractivity contribution is 0.391. The number of piperidine rings is 1. The number of hydrogen-bond donors (Lipinski definition) is 1. The highest BCUT2D eigenvalue weighted by Gasteiger charge is 2.32. The van der Waals surface area contributed by atoms with E-state index in [0.29, 0.717) is 18.0 Å². The van der Waals surface area contributed by atoms with Gasteiger partial charge in [-0.25, -0.2) is 4.98 Å². The molecule has 1 N–H and O–H groups in total. The third kappa shape index (κ3) is 3.20. The van der Waals surface area contributed by atoms with Crippen molar-refractivity contribution >= 4 is 5.82 Å². The van der Waals surface area contributed by atoms with Gasteiger partial charge in [0.2, 0.25) is 5.88 Å². The first kappa shape index (κ1) is 13.6. The molecule has 110 valence electrons. The van der Waals surface area contributed by atoms with E-state index in [1.165, 1.54) is 32.1 Å². The molecule has 3 rings (SSSR count). The summed E-state index contributed by atoms with van der Waals surface area (Å²) in [7, 11) is 1.66. The molecule has 1 unspecified atom stereocenters. The Labute approximate surface area is 120 Å². The molecule has 0 radical (unpaired) electrons. The summed E-state index contributed by atoms with van der Waals surface area (Å²) < 4.78 is 5.28. The zero-order valence-electron chi connectivity index (χ0n) is 12.4. The van der Waals surface area contributed by atoms with E-state index in [-0.39, 0.29) is 0 Å². The predicted molar refractivity (Wildman–Crippen MR) is 79.3 cm³/mol. The van der Waals surface area contributed by atoms with Crippen molar-refractivity contribution in [2.24, 2.45) is 0 Å². The molecule has 1 saturated carbocycles. The molecule has 1 atom stereocenters. The monoisotopic (exact) mass is 276 g/mol. The smallest absolute Gasteiger partial charge is 0.218 e. The Hall–Kier alpha value is -1.36. The Bertz CT molecular complexity index is 455. The summed E-state index contributed by atoms with van der Waals surface area (Å²) in [4.78, 5) is 11.3. The van der Waals surface area contributed by atoms with Crippen molar-refractivity contribution in [1.82, 2.24) is 15.3 Å². The fourth-order valence-electron chi connectivity index (χ4n) is 2.91. The molecule has 2 fully saturated rings. The molecule has 2 heterocycles. The topological polar surface area (TPSA) is 50.3 Å². The standard InChI is InChI=1S/C15H24N4O/c1-11-17-14(9-15(18-11)20-2)19(13-6-7-13)10-12-5-3-4-8-16-12/h9,12-13,16H,3-8,10H2,1-2H3. The number of methoxy groups -OCH3 is 1. The van der Waals surface area contributed by atoms with Crippen LogP contribution < -0.4 is 15.0 Å².